The Morgan fingerprint density at radius 1 is 1.20 bits per heavy atom. The standard InChI is InChI=1S/C16H20N4/c1-4-10(2)11(3)20-15-12-7-5-6-8-13(12)18-9-14(15)19-16(20)17/h5-11H,4H2,1-3H3,(H2,17,19). The van der Waals surface area contributed by atoms with Crippen molar-refractivity contribution in [3.8, 4) is 0 Å². The minimum atomic E-state index is 0.316. The van der Waals surface area contributed by atoms with Crippen molar-refractivity contribution < 1.29 is 0 Å². The molecule has 20 heavy (non-hydrogen) atoms. The first-order valence-electron chi connectivity index (χ1n) is 7.14. The third kappa shape index (κ3) is 1.83. The summed E-state index contributed by atoms with van der Waals surface area (Å²) in [5.41, 5.74) is 9.12. The molecule has 0 fully saturated rings. The smallest absolute Gasteiger partial charge is 0.201 e. The number of pyridine rings is 1. The third-order valence-electron chi connectivity index (χ3n) is 4.33. The zero-order valence-electron chi connectivity index (χ0n) is 12.2. The minimum Gasteiger partial charge on any atom is -0.369 e. The number of hydrogen-bond acceptors (Lipinski definition) is 3. The largest absolute Gasteiger partial charge is 0.369 e. The molecule has 1 aromatic carbocycles. The van der Waals surface area contributed by atoms with Crippen LogP contribution in [0.25, 0.3) is 21.9 Å². The Hall–Kier alpha value is -2.10. The average molecular weight is 268 g/mol. The number of nitrogens with zero attached hydrogens (tertiary/aromatic N) is 3. The molecule has 2 unspecified atom stereocenters. The van der Waals surface area contributed by atoms with Gasteiger partial charge in [0.05, 0.1) is 17.2 Å². The zero-order chi connectivity index (χ0) is 14.3. The second-order valence-corrected chi connectivity index (χ2v) is 5.48. The van der Waals surface area contributed by atoms with Gasteiger partial charge in [-0.2, -0.15) is 0 Å². The zero-order valence-corrected chi connectivity index (χ0v) is 12.2. The Morgan fingerprint density at radius 2 is 1.95 bits per heavy atom. The number of para-hydroxylation sites is 1. The molecular formula is C16H20N4. The molecule has 3 rings (SSSR count). The molecule has 2 aromatic heterocycles. The van der Waals surface area contributed by atoms with Crippen molar-refractivity contribution in [3.63, 3.8) is 0 Å². The summed E-state index contributed by atoms with van der Waals surface area (Å²) in [5.74, 6) is 1.12. The number of hydrogen-bond donors (Lipinski definition) is 1. The van der Waals surface area contributed by atoms with Crippen LogP contribution >= 0.6 is 0 Å². The van der Waals surface area contributed by atoms with Crippen LogP contribution in [0.3, 0.4) is 0 Å². The van der Waals surface area contributed by atoms with E-state index in [1.54, 1.807) is 0 Å². The number of aromatic nitrogens is 3. The molecular weight excluding hydrogens is 248 g/mol. The predicted octanol–water partition coefficient (Wildman–Crippen LogP) is 3.77. The van der Waals surface area contributed by atoms with Gasteiger partial charge in [-0.05, 0) is 18.9 Å². The molecule has 0 aliphatic carbocycles. The summed E-state index contributed by atoms with van der Waals surface area (Å²) in [6.07, 6.45) is 2.93. The number of fused-ring (bicyclic) bond motifs is 3. The summed E-state index contributed by atoms with van der Waals surface area (Å²) in [5, 5.41) is 1.12. The quantitative estimate of drug-likeness (QED) is 0.786. The Bertz CT molecular complexity index is 760. The van der Waals surface area contributed by atoms with E-state index in [0.717, 1.165) is 28.4 Å². The van der Waals surface area contributed by atoms with Gasteiger partial charge in [-0.25, -0.2) is 4.98 Å². The van der Waals surface area contributed by atoms with E-state index in [4.69, 9.17) is 5.73 Å². The molecule has 0 bridgehead atoms. The van der Waals surface area contributed by atoms with E-state index in [-0.39, 0.29) is 0 Å². The van der Waals surface area contributed by atoms with Crippen molar-refractivity contribution >= 4 is 27.9 Å². The highest BCUT2D eigenvalue weighted by Gasteiger charge is 2.20. The normalized spacial score (nSPS) is 14.8. The Morgan fingerprint density at radius 3 is 2.70 bits per heavy atom. The van der Waals surface area contributed by atoms with Gasteiger partial charge in [-0.1, -0.05) is 38.5 Å². The van der Waals surface area contributed by atoms with Gasteiger partial charge in [-0.3, -0.25) is 4.98 Å². The molecule has 0 radical (unpaired) electrons. The van der Waals surface area contributed by atoms with Gasteiger partial charge in [0.1, 0.15) is 5.52 Å². The van der Waals surface area contributed by atoms with Crippen molar-refractivity contribution in [3.05, 3.63) is 30.5 Å². The minimum absolute atomic E-state index is 0.316. The molecule has 0 amide bonds. The van der Waals surface area contributed by atoms with Gasteiger partial charge in [0.25, 0.3) is 0 Å². The van der Waals surface area contributed by atoms with E-state index >= 15 is 0 Å². The van der Waals surface area contributed by atoms with Crippen molar-refractivity contribution in [1.29, 1.82) is 0 Å². The molecule has 4 nitrogen and oxygen atoms in total. The van der Waals surface area contributed by atoms with Gasteiger partial charge in [0.2, 0.25) is 5.95 Å². The number of rotatable bonds is 3. The van der Waals surface area contributed by atoms with E-state index in [9.17, 15) is 0 Å². The lowest BCUT2D eigenvalue weighted by Crippen LogP contribution is -2.15. The van der Waals surface area contributed by atoms with Crippen LogP contribution in [0.4, 0.5) is 5.95 Å². The molecule has 2 N–H and O–H groups in total. The van der Waals surface area contributed by atoms with Crippen LogP contribution in [-0.2, 0) is 0 Å². The fourth-order valence-electron chi connectivity index (χ4n) is 2.75. The lowest BCUT2D eigenvalue weighted by Gasteiger charge is -2.22. The maximum atomic E-state index is 6.16. The lowest BCUT2D eigenvalue weighted by molar-refractivity contribution is 0.381. The van der Waals surface area contributed by atoms with Gasteiger partial charge < -0.3 is 10.3 Å². The fourth-order valence-corrected chi connectivity index (χ4v) is 2.75. The molecule has 0 saturated carbocycles. The molecule has 4 heteroatoms. The molecule has 3 aromatic rings. The second-order valence-electron chi connectivity index (χ2n) is 5.48. The van der Waals surface area contributed by atoms with Gasteiger partial charge in [0, 0.05) is 11.4 Å². The topological polar surface area (TPSA) is 56.7 Å². The molecule has 0 spiro atoms. The summed E-state index contributed by atoms with van der Waals surface area (Å²) in [4.78, 5) is 8.94. The van der Waals surface area contributed by atoms with E-state index in [0.29, 0.717) is 17.9 Å². The molecule has 0 saturated heterocycles. The average Bonchev–Trinajstić information content (AvgIpc) is 2.82. The number of benzene rings is 1. The van der Waals surface area contributed by atoms with Crippen LogP contribution in [0.1, 0.15) is 33.2 Å². The predicted molar refractivity (Wildman–Crippen MR) is 83.6 cm³/mol. The number of nitrogen functional groups attached to an aromatic ring is 1. The van der Waals surface area contributed by atoms with Crippen LogP contribution in [0, 0.1) is 5.92 Å². The van der Waals surface area contributed by atoms with Crippen molar-refractivity contribution in [1.82, 2.24) is 14.5 Å². The monoisotopic (exact) mass is 268 g/mol. The van der Waals surface area contributed by atoms with Crippen molar-refractivity contribution in [2.45, 2.75) is 33.2 Å². The van der Waals surface area contributed by atoms with E-state index in [1.807, 2.05) is 24.4 Å². The third-order valence-corrected chi connectivity index (χ3v) is 4.33. The molecule has 0 aliphatic rings. The first-order chi connectivity index (χ1) is 9.63. The summed E-state index contributed by atoms with van der Waals surface area (Å²) in [6, 6.07) is 8.46. The van der Waals surface area contributed by atoms with Gasteiger partial charge in [0.15, 0.2) is 0 Å². The summed E-state index contributed by atoms with van der Waals surface area (Å²) in [7, 11) is 0. The molecule has 2 atom stereocenters. The van der Waals surface area contributed by atoms with Crippen LogP contribution in [0.15, 0.2) is 30.5 Å². The van der Waals surface area contributed by atoms with E-state index in [2.05, 4.69) is 41.4 Å². The highest BCUT2D eigenvalue weighted by Crippen LogP contribution is 2.32. The Labute approximate surface area is 118 Å². The summed E-state index contributed by atoms with van der Waals surface area (Å²) >= 11 is 0. The van der Waals surface area contributed by atoms with Crippen LogP contribution < -0.4 is 5.73 Å². The van der Waals surface area contributed by atoms with Gasteiger partial charge >= 0.3 is 0 Å². The maximum Gasteiger partial charge on any atom is 0.201 e. The summed E-state index contributed by atoms with van der Waals surface area (Å²) in [6.45, 7) is 6.66. The highest BCUT2D eigenvalue weighted by atomic mass is 15.2. The molecule has 2 heterocycles. The Kier molecular flexibility index (Phi) is 3.08. The fraction of sp³-hybridized carbons (Fsp3) is 0.375. The number of imidazole rings is 1. The van der Waals surface area contributed by atoms with Gasteiger partial charge in [-0.15, -0.1) is 0 Å². The van der Waals surface area contributed by atoms with E-state index < -0.39 is 0 Å². The SMILES string of the molecule is CCC(C)C(C)n1c(N)nc2cnc3ccccc3c21. The highest BCUT2D eigenvalue weighted by molar-refractivity contribution is 6.03. The lowest BCUT2D eigenvalue weighted by atomic mass is 10.0. The number of nitrogens with two attached hydrogens (primary N) is 1. The first-order valence-corrected chi connectivity index (χ1v) is 7.14. The molecule has 0 aliphatic heterocycles. The van der Waals surface area contributed by atoms with Crippen LogP contribution in [0.2, 0.25) is 0 Å². The van der Waals surface area contributed by atoms with Crippen LogP contribution in [0.5, 0.6) is 0 Å². The summed E-state index contributed by atoms with van der Waals surface area (Å²) < 4.78 is 2.16. The Balaban J connectivity index is 2.35. The second kappa shape index (κ2) is 4.78. The molecule has 104 valence electrons. The first kappa shape index (κ1) is 12.9. The van der Waals surface area contributed by atoms with Crippen molar-refractivity contribution in [2.75, 3.05) is 5.73 Å². The van der Waals surface area contributed by atoms with Crippen LogP contribution in [-0.4, -0.2) is 14.5 Å². The van der Waals surface area contributed by atoms with Crippen molar-refractivity contribution in [2.24, 2.45) is 5.92 Å². The maximum absolute atomic E-state index is 6.16. The number of anilines is 1. The van der Waals surface area contributed by atoms with E-state index in [1.165, 1.54) is 0 Å².